The summed E-state index contributed by atoms with van der Waals surface area (Å²) in [4.78, 5) is 12.4. The van der Waals surface area contributed by atoms with Crippen LogP contribution < -0.4 is 5.73 Å². The summed E-state index contributed by atoms with van der Waals surface area (Å²) in [5.41, 5.74) is 6.12. The minimum absolute atomic E-state index is 0.333. The van der Waals surface area contributed by atoms with E-state index in [0.29, 0.717) is 16.6 Å². The lowest BCUT2D eigenvalue weighted by Gasteiger charge is -1.95. The molecule has 0 saturated heterocycles. The number of aromatic nitrogens is 2. The van der Waals surface area contributed by atoms with Crippen molar-refractivity contribution < 1.29 is 9.18 Å². The molecule has 1 amide bonds. The van der Waals surface area contributed by atoms with Gasteiger partial charge in [0.15, 0.2) is 0 Å². The topological polar surface area (TPSA) is 60.9 Å². The molecule has 99 valence electrons. The third-order valence-electron chi connectivity index (χ3n) is 2.76. The molecule has 3 aromatic rings. The molecule has 1 aromatic carbocycles. The van der Waals surface area contributed by atoms with Crippen molar-refractivity contribution in [3.63, 3.8) is 0 Å². The van der Waals surface area contributed by atoms with Gasteiger partial charge < -0.3 is 5.73 Å². The molecule has 4 nitrogen and oxygen atoms in total. The first kappa shape index (κ1) is 12.6. The number of carbonyl (C=O) groups is 1. The summed E-state index contributed by atoms with van der Waals surface area (Å²) in [7, 11) is 0. The molecule has 0 spiro atoms. The Morgan fingerprint density at radius 3 is 3.05 bits per heavy atom. The zero-order chi connectivity index (χ0) is 14.1. The lowest BCUT2D eigenvalue weighted by Crippen LogP contribution is -2.20. The van der Waals surface area contributed by atoms with Gasteiger partial charge in [0.25, 0.3) is 0 Å². The first-order chi connectivity index (χ1) is 9.65. The maximum absolute atomic E-state index is 13.2. The van der Waals surface area contributed by atoms with Crippen LogP contribution in [0.25, 0.3) is 23.1 Å². The van der Waals surface area contributed by atoms with Crippen molar-refractivity contribution in [1.82, 2.24) is 9.78 Å². The Morgan fingerprint density at radius 2 is 2.35 bits per heavy atom. The average molecular weight is 286 g/mol. The van der Waals surface area contributed by atoms with Crippen LogP contribution in [0.4, 0.5) is 9.18 Å². The third-order valence-corrected chi connectivity index (χ3v) is 3.60. The molecule has 0 unspecified atom stereocenters. The second-order valence-corrected chi connectivity index (χ2v) is 5.04. The number of hydrogen-bond donors (Lipinski definition) is 1. The predicted molar refractivity (Wildman–Crippen MR) is 76.8 cm³/mol. The first-order valence-electron chi connectivity index (χ1n) is 5.76. The van der Waals surface area contributed by atoms with Crippen LogP contribution in [-0.2, 0) is 0 Å². The van der Waals surface area contributed by atoms with Gasteiger partial charge in [0, 0.05) is 22.4 Å². The van der Waals surface area contributed by atoms with Crippen LogP contribution in [0.15, 0.2) is 29.6 Å². The Hall–Kier alpha value is -2.47. The number of hydrogen-bond acceptors (Lipinski definition) is 3. The van der Waals surface area contributed by atoms with E-state index in [2.05, 4.69) is 11.2 Å². The van der Waals surface area contributed by atoms with Crippen molar-refractivity contribution in [3.05, 3.63) is 52.1 Å². The minimum atomic E-state index is -0.753. The van der Waals surface area contributed by atoms with Crippen LogP contribution in [0.2, 0.25) is 0 Å². The van der Waals surface area contributed by atoms with Crippen LogP contribution in [-0.4, -0.2) is 15.8 Å². The van der Waals surface area contributed by atoms with Gasteiger partial charge in [-0.25, -0.2) is 9.18 Å². The molecule has 0 saturated carbocycles. The highest BCUT2D eigenvalue weighted by Gasteiger charge is 2.12. The monoisotopic (exact) mass is 286 g/mol. The quantitative estimate of drug-likeness (QED) is 0.786. The number of benzene rings is 1. The van der Waals surface area contributed by atoms with Gasteiger partial charge in [-0.3, -0.25) is 0 Å². The summed E-state index contributed by atoms with van der Waals surface area (Å²) in [6, 6.07) is 8.25. The fourth-order valence-electron chi connectivity index (χ4n) is 1.89. The number of nitrogens with two attached hydrogens (primary N) is 1. The van der Waals surface area contributed by atoms with E-state index in [9.17, 15) is 9.18 Å². The number of amides is 1. The molecule has 2 aromatic heterocycles. The third kappa shape index (κ3) is 2.21. The average Bonchev–Trinajstić information content (AvgIpc) is 3.02. The number of rotatable bonds is 2. The highest BCUT2D eigenvalue weighted by atomic mass is 32.1. The van der Waals surface area contributed by atoms with Gasteiger partial charge in [0.05, 0.1) is 11.2 Å². The predicted octanol–water partition coefficient (Wildman–Crippen LogP) is 3.13. The van der Waals surface area contributed by atoms with E-state index in [1.54, 1.807) is 17.4 Å². The van der Waals surface area contributed by atoms with Crippen molar-refractivity contribution >= 4 is 40.4 Å². The zero-order valence-corrected chi connectivity index (χ0v) is 11.0. The van der Waals surface area contributed by atoms with Gasteiger partial charge in [-0.15, -0.1) is 11.3 Å². The molecule has 0 aliphatic heterocycles. The van der Waals surface area contributed by atoms with Crippen molar-refractivity contribution in [2.24, 2.45) is 5.73 Å². The molecule has 3 rings (SSSR count). The molecule has 6 heteroatoms. The zero-order valence-electron chi connectivity index (χ0n) is 10.2. The first-order valence-corrected chi connectivity index (χ1v) is 6.64. The molecule has 0 aliphatic rings. The van der Waals surface area contributed by atoms with Crippen molar-refractivity contribution in [3.8, 4) is 0 Å². The number of fused-ring (bicyclic) bond motifs is 1. The number of nitrogens with zero attached hydrogens (tertiary/aromatic N) is 2. The molecule has 2 heterocycles. The molecule has 0 aliphatic carbocycles. The number of halogens is 1. The summed E-state index contributed by atoms with van der Waals surface area (Å²) >= 11 is 1.58. The Labute approximate surface area is 117 Å². The van der Waals surface area contributed by atoms with E-state index >= 15 is 0 Å². The standard InChI is InChI=1S/C14H9FN3OS/c15-9-3-5-11-12(6-4-10-2-1-7-20-10)17-18(14(16)19)13(11)8-9/h1-2,4-8H,(H2,16,19). The molecule has 0 atom stereocenters. The summed E-state index contributed by atoms with van der Waals surface area (Å²) in [6.45, 7) is 0. The Balaban J connectivity index is 2.14. The largest absolute Gasteiger partial charge is 0.350 e. The Morgan fingerprint density at radius 1 is 1.50 bits per heavy atom. The summed E-state index contributed by atoms with van der Waals surface area (Å²) in [5.74, 6) is -0.561. The van der Waals surface area contributed by atoms with Crippen molar-refractivity contribution in [1.29, 1.82) is 0 Å². The fourth-order valence-corrected chi connectivity index (χ4v) is 2.51. The van der Waals surface area contributed by atoms with Crippen molar-refractivity contribution in [2.75, 3.05) is 0 Å². The molecular formula is C14H9FN3OS. The van der Waals surface area contributed by atoms with Crippen molar-refractivity contribution in [2.45, 2.75) is 0 Å². The van der Waals surface area contributed by atoms with Crippen LogP contribution in [0.3, 0.4) is 0 Å². The summed E-state index contributed by atoms with van der Waals surface area (Å²) in [5, 5.41) is 6.69. The molecule has 0 bridgehead atoms. The van der Waals surface area contributed by atoms with Gasteiger partial charge in [-0.1, -0.05) is 6.07 Å². The lowest BCUT2D eigenvalue weighted by atomic mass is 10.2. The second-order valence-electron chi connectivity index (χ2n) is 4.06. The molecule has 0 fully saturated rings. The highest BCUT2D eigenvalue weighted by molar-refractivity contribution is 7.10. The molecular weight excluding hydrogens is 277 g/mol. The number of primary amides is 1. The van der Waals surface area contributed by atoms with Gasteiger partial charge >= 0.3 is 6.03 Å². The lowest BCUT2D eigenvalue weighted by molar-refractivity contribution is 0.248. The molecule has 20 heavy (non-hydrogen) atoms. The van der Waals surface area contributed by atoms with Gasteiger partial charge in [0.1, 0.15) is 5.82 Å². The fraction of sp³-hybridized carbons (Fsp3) is 0. The summed E-state index contributed by atoms with van der Waals surface area (Å²) < 4.78 is 14.2. The highest BCUT2D eigenvalue weighted by Crippen LogP contribution is 2.22. The minimum Gasteiger partial charge on any atom is -0.350 e. The summed E-state index contributed by atoms with van der Waals surface area (Å²) in [6.07, 6.45) is 3.64. The maximum atomic E-state index is 13.2. The molecule has 2 N–H and O–H groups in total. The van der Waals surface area contributed by atoms with Gasteiger partial charge in [-0.05, 0) is 29.7 Å². The Kier molecular flexibility index (Phi) is 3.08. The Bertz CT molecular complexity index is 805. The number of carbonyl (C=O) groups excluding carboxylic acids is 1. The van der Waals surface area contributed by atoms with Crippen LogP contribution in [0.5, 0.6) is 0 Å². The van der Waals surface area contributed by atoms with E-state index in [1.165, 1.54) is 12.1 Å². The molecule has 1 radical (unpaired) electrons. The maximum Gasteiger partial charge on any atom is 0.340 e. The van der Waals surface area contributed by atoms with E-state index in [-0.39, 0.29) is 0 Å². The van der Waals surface area contributed by atoms with Gasteiger partial charge in [0.2, 0.25) is 0 Å². The normalized spacial score (nSPS) is 11.4. The van der Waals surface area contributed by atoms with Crippen LogP contribution in [0, 0.1) is 11.9 Å². The SMILES string of the molecule is NC(=O)n1nc(C=Cc2cccs2)c2c[c]c(F)cc21. The smallest absolute Gasteiger partial charge is 0.340 e. The van der Waals surface area contributed by atoms with E-state index in [1.807, 2.05) is 23.6 Å². The van der Waals surface area contributed by atoms with E-state index in [4.69, 9.17) is 5.73 Å². The van der Waals surface area contributed by atoms with E-state index in [0.717, 1.165) is 9.56 Å². The number of thiophene rings is 1. The van der Waals surface area contributed by atoms with E-state index < -0.39 is 11.8 Å². The second kappa shape index (κ2) is 4.90. The van der Waals surface area contributed by atoms with Crippen LogP contribution in [0.1, 0.15) is 10.6 Å². The van der Waals surface area contributed by atoms with Gasteiger partial charge in [-0.2, -0.15) is 9.78 Å². The van der Waals surface area contributed by atoms with Crippen LogP contribution >= 0.6 is 11.3 Å².